The molecule has 6 nitrogen and oxygen atoms in total. The number of rotatable bonds is 5. The lowest BCUT2D eigenvalue weighted by atomic mass is 10.1. The molecule has 1 aromatic heterocycles. The van der Waals surface area contributed by atoms with Crippen molar-refractivity contribution in [2.45, 2.75) is 19.9 Å². The molecule has 134 valence electrons. The minimum absolute atomic E-state index is 0.0154. The second kappa shape index (κ2) is 7.98. The van der Waals surface area contributed by atoms with Crippen LogP contribution < -0.4 is 10.6 Å². The van der Waals surface area contributed by atoms with E-state index in [1.54, 1.807) is 6.07 Å². The molecule has 1 heterocycles. The third kappa shape index (κ3) is 4.70. The molecule has 1 unspecified atom stereocenters. The lowest BCUT2D eigenvalue weighted by Crippen LogP contribution is -2.40. The van der Waals surface area contributed by atoms with Crippen molar-refractivity contribution in [3.8, 4) is 0 Å². The molecule has 0 aliphatic rings. The molecular weight excluding hydrogens is 316 g/mol. The molecule has 1 atom stereocenters. The molecule has 0 aliphatic carbocycles. The van der Waals surface area contributed by atoms with Gasteiger partial charge in [0.25, 0.3) is 0 Å². The summed E-state index contributed by atoms with van der Waals surface area (Å²) in [6.45, 7) is 4.31. The van der Waals surface area contributed by atoms with Crippen LogP contribution in [0.25, 0.3) is 0 Å². The molecule has 2 aromatic rings. The molecule has 0 saturated carbocycles. The molecule has 25 heavy (non-hydrogen) atoms. The number of likely N-dealkylation sites (N-methyl/N-ethyl adjacent to an activating group) is 1. The van der Waals surface area contributed by atoms with Crippen LogP contribution in [0.1, 0.15) is 22.9 Å². The minimum Gasteiger partial charge on any atom is -0.353 e. The fourth-order valence-electron chi connectivity index (χ4n) is 2.65. The number of aryl methyl sites for hydroxylation is 3. The molecule has 0 bridgehead atoms. The summed E-state index contributed by atoms with van der Waals surface area (Å²) >= 11 is 0. The third-order valence-electron chi connectivity index (χ3n) is 4.38. The summed E-state index contributed by atoms with van der Waals surface area (Å²) in [5.41, 5.74) is 3.89. The molecule has 2 N–H and O–H groups in total. The maximum Gasteiger partial charge on any atom is 0.313 e. The Hall–Kier alpha value is -2.60. The summed E-state index contributed by atoms with van der Waals surface area (Å²) in [7, 11) is 5.85. The molecule has 6 heteroatoms. The topological polar surface area (TPSA) is 66.4 Å². The molecular formula is C19H26N4O2. The first-order chi connectivity index (χ1) is 11.8. The second-order valence-corrected chi connectivity index (χ2v) is 6.49. The number of aromatic nitrogens is 1. The Balaban J connectivity index is 1.97. The number of nitrogens with one attached hydrogen (secondary N) is 2. The Bertz CT molecular complexity index is 765. The summed E-state index contributed by atoms with van der Waals surface area (Å²) in [6, 6.07) is 9.51. The maximum absolute atomic E-state index is 12.1. The summed E-state index contributed by atoms with van der Waals surface area (Å²) in [4.78, 5) is 26.2. The maximum atomic E-state index is 12.1. The van der Waals surface area contributed by atoms with Gasteiger partial charge in [0.2, 0.25) is 0 Å². The average Bonchev–Trinajstić information content (AvgIpc) is 2.96. The molecule has 0 spiro atoms. The fraction of sp³-hybridized carbons (Fsp3) is 0.368. The number of nitrogens with zero attached hydrogens (tertiary/aromatic N) is 2. The van der Waals surface area contributed by atoms with Crippen molar-refractivity contribution in [2.75, 3.05) is 26.0 Å². The number of anilines is 1. The van der Waals surface area contributed by atoms with Crippen molar-refractivity contribution in [3.05, 3.63) is 53.3 Å². The minimum atomic E-state index is -0.660. The number of benzene rings is 1. The van der Waals surface area contributed by atoms with Gasteiger partial charge >= 0.3 is 11.8 Å². The van der Waals surface area contributed by atoms with Crippen LogP contribution in [-0.2, 0) is 16.6 Å². The molecule has 0 radical (unpaired) electrons. The highest BCUT2D eigenvalue weighted by Gasteiger charge is 2.20. The van der Waals surface area contributed by atoms with Gasteiger partial charge in [-0.3, -0.25) is 14.5 Å². The third-order valence-corrected chi connectivity index (χ3v) is 4.38. The van der Waals surface area contributed by atoms with Crippen molar-refractivity contribution in [2.24, 2.45) is 7.05 Å². The van der Waals surface area contributed by atoms with E-state index < -0.39 is 11.8 Å². The van der Waals surface area contributed by atoms with E-state index in [1.165, 1.54) is 0 Å². The number of hydrogen-bond donors (Lipinski definition) is 2. The van der Waals surface area contributed by atoms with Crippen LogP contribution in [0.2, 0.25) is 0 Å². The van der Waals surface area contributed by atoms with Crippen molar-refractivity contribution in [1.82, 2.24) is 14.8 Å². The first kappa shape index (κ1) is 18.7. The SMILES string of the molecule is Cc1ccc(NC(=O)C(=O)NCC(c2cccn2C)N(C)C)cc1C. The van der Waals surface area contributed by atoms with Gasteiger partial charge in [-0.05, 0) is 63.3 Å². The molecule has 1 aromatic carbocycles. The quantitative estimate of drug-likeness (QED) is 0.817. The van der Waals surface area contributed by atoms with Gasteiger partial charge in [-0.1, -0.05) is 6.07 Å². The van der Waals surface area contributed by atoms with Crippen molar-refractivity contribution >= 4 is 17.5 Å². The van der Waals surface area contributed by atoms with Crippen LogP contribution in [0, 0.1) is 13.8 Å². The van der Waals surface area contributed by atoms with Gasteiger partial charge in [0.15, 0.2) is 0 Å². The highest BCUT2D eigenvalue weighted by molar-refractivity contribution is 6.39. The average molecular weight is 342 g/mol. The van der Waals surface area contributed by atoms with Gasteiger partial charge < -0.3 is 15.2 Å². The Morgan fingerprint density at radius 1 is 1.12 bits per heavy atom. The predicted octanol–water partition coefficient (Wildman–Crippen LogP) is 2.00. The van der Waals surface area contributed by atoms with Crippen molar-refractivity contribution in [1.29, 1.82) is 0 Å². The van der Waals surface area contributed by atoms with E-state index in [1.807, 2.05) is 74.9 Å². The van der Waals surface area contributed by atoms with E-state index >= 15 is 0 Å². The zero-order valence-corrected chi connectivity index (χ0v) is 15.5. The van der Waals surface area contributed by atoms with Crippen LogP contribution in [0.4, 0.5) is 5.69 Å². The fourth-order valence-corrected chi connectivity index (χ4v) is 2.65. The number of amides is 2. The summed E-state index contributed by atoms with van der Waals surface area (Å²) < 4.78 is 2.01. The van der Waals surface area contributed by atoms with Crippen LogP contribution in [0.3, 0.4) is 0 Å². The summed E-state index contributed by atoms with van der Waals surface area (Å²) in [5, 5.41) is 5.36. The van der Waals surface area contributed by atoms with Gasteiger partial charge in [0, 0.05) is 31.2 Å². The van der Waals surface area contributed by atoms with E-state index in [9.17, 15) is 9.59 Å². The number of hydrogen-bond acceptors (Lipinski definition) is 3. The van der Waals surface area contributed by atoms with E-state index in [-0.39, 0.29) is 6.04 Å². The first-order valence-electron chi connectivity index (χ1n) is 8.23. The molecule has 0 saturated heterocycles. The van der Waals surface area contributed by atoms with Crippen LogP contribution >= 0.6 is 0 Å². The molecule has 0 fully saturated rings. The predicted molar refractivity (Wildman–Crippen MR) is 99.4 cm³/mol. The lowest BCUT2D eigenvalue weighted by molar-refractivity contribution is -0.136. The molecule has 2 rings (SSSR count). The second-order valence-electron chi connectivity index (χ2n) is 6.49. The van der Waals surface area contributed by atoms with E-state index in [0.717, 1.165) is 16.8 Å². The van der Waals surface area contributed by atoms with E-state index in [0.29, 0.717) is 12.2 Å². The van der Waals surface area contributed by atoms with Gasteiger partial charge in [-0.15, -0.1) is 0 Å². The number of carbonyl (C=O) groups excluding carboxylic acids is 2. The molecule has 0 aliphatic heterocycles. The molecule has 2 amide bonds. The lowest BCUT2D eigenvalue weighted by Gasteiger charge is -2.25. The van der Waals surface area contributed by atoms with Gasteiger partial charge in [-0.2, -0.15) is 0 Å². The Labute approximate surface area is 148 Å². The van der Waals surface area contributed by atoms with Crippen molar-refractivity contribution in [3.63, 3.8) is 0 Å². The normalized spacial score (nSPS) is 12.1. The standard InChI is InChI=1S/C19H26N4O2/c1-13-8-9-15(11-14(13)2)21-19(25)18(24)20-12-17(22(3)4)16-7-6-10-23(16)5/h6-11,17H,12H2,1-5H3,(H,20,24)(H,21,25). The largest absolute Gasteiger partial charge is 0.353 e. The Morgan fingerprint density at radius 3 is 2.40 bits per heavy atom. The van der Waals surface area contributed by atoms with Crippen LogP contribution in [0.15, 0.2) is 36.5 Å². The van der Waals surface area contributed by atoms with Gasteiger partial charge in [0.05, 0.1) is 6.04 Å². The van der Waals surface area contributed by atoms with Gasteiger partial charge in [0.1, 0.15) is 0 Å². The van der Waals surface area contributed by atoms with Gasteiger partial charge in [-0.25, -0.2) is 0 Å². The van der Waals surface area contributed by atoms with Crippen molar-refractivity contribution < 1.29 is 9.59 Å². The zero-order valence-electron chi connectivity index (χ0n) is 15.5. The Morgan fingerprint density at radius 2 is 1.84 bits per heavy atom. The first-order valence-corrected chi connectivity index (χ1v) is 8.23. The number of carbonyl (C=O) groups is 2. The summed E-state index contributed by atoms with van der Waals surface area (Å²) in [5.74, 6) is -1.30. The zero-order chi connectivity index (χ0) is 18.6. The highest BCUT2D eigenvalue weighted by atomic mass is 16.2. The Kier molecular flexibility index (Phi) is 5.98. The van der Waals surface area contributed by atoms with E-state index in [4.69, 9.17) is 0 Å². The highest BCUT2D eigenvalue weighted by Crippen LogP contribution is 2.17. The smallest absolute Gasteiger partial charge is 0.313 e. The monoisotopic (exact) mass is 342 g/mol. The van der Waals surface area contributed by atoms with E-state index in [2.05, 4.69) is 10.6 Å². The van der Waals surface area contributed by atoms with Crippen LogP contribution in [0.5, 0.6) is 0 Å². The summed E-state index contributed by atoms with van der Waals surface area (Å²) in [6.07, 6.45) is 1.96. The van der Waals surface area contributed by atoms with Crippen LogP contribution in [-0.4, -0.2) is 41.9 Å².